The lowest BCUT2D eigenvalue weighted by molar-refractivity contribution is 0.0155. The molecule has 2 atom stereocenters. The van der Waals surface area contributed by atoms with Gasteiger partial charge in [0, 0.05) is 36.0 Å². The number of hydrogen-bond donors (Lipinski definition) is 0. The molecule has 182 valence electrons. The maximum absolute atomic E-state index is 13.2. The first kappa shape index (κ1) is 24.4. The molecule has 4 rings (SSSR count). The minimum atomic E-state index is -0.610. The summed E-state index contributed by atoms with van der Waals surface area (Å²) in [7, 11) is 1.60. The third kappa shape index (κ3) is 5.68. The van der Waals surface area contributed by atoms with Crippen LogP contribution in [0.2, 0.25) is 0 Å². The van der Waals surface area contributed by atoms with E-state index in [0.717, 1.165) is 16.3 Å². The van der Waals surface area contributed by atoms with E-state index in [4.69, 9.17) is 9.47 Å². The zero-order valence-electron chi connectivity index (χ0n) is 20.1. The molecular formula is C26H28N4O4S. The lowest BCUT2D eigenvalue weighted by atomic mass is 10.0. The number of thiazole rings is 1. The van der Waals surface area contributed by atoms with Crippen LogP contribution in [-0.2, 0) is 11.3 Å². The average molecular weight is 493 g/mol. The van der Waals surface area contributed by atoms with Gasteiger partial charge in [0.2, 0.25) is 0 Å². The Bertz CT molecular complexity index is 1330. The van der Waals surface area contributed by atoms with Crippen molar-refractivity contribution in [1.29, 1.82) is 0 Å². The number of esters is 1. The molecule has 0 bridgehead atoms. The highest BCUT2D eigenvalue weighted by atomic mass is 32.1. The number of hydrogen-bond acceptors (Lipinski definition) is 7. The number of pyridine rings is 1. The number of ether oxygens (including phenoxy) is 2. The Balaban J connectivity index is 1.59. The van der Waals surface area contributed by atoms with E-state index in [-0.39, 0.29) is 23.7 Å². The van der Waals surface area contributed by atoms with Crippen LogP contribution < -0.4 is 10.3 Å². The van der Waals surface area contributed by atoms with Crippen molar-refractivity contribution in [3.8, 4) is 5.75 Å². The molecule has 8 nitrogen and oxygen atoms in total. The molecule has 0 aliphatic carbocycles. The van der Waals surface area contributed by atoms with Gasteiger partial charge in [-0.2, -0.15) is 5.10 Å². The number of carbonyl (C=O) groups is 1. The van der Waals surface area contributed by atoms with Gasteiger partial charge in [-0.3, -0.25) is 9.48 Å². The van der Waals surface area contributed by atoms with Crippen molar-refractivity contribution in [2.45, 2.75) is 45.4 Å². The molecule has 3 aromatic heterocycles. The molecule has 0 fully saturated rings. The molecule has 0 saturated carbocycles. The summed E-state index contributed by atoms with van der Waals surface area (Å²) in [5, 5.41) is 7.27. The van der Waals surface area contributed by atoms with Crippen LogP contribution in [0, 0.1) is 0 Å². The first-order chi connectivity index (χ1) is 16.9. The normalized spacial score (nSPS) is 12.9. The second-order valence-corrected chi connectivity index (χ2v) is 9.43. The Morgan fingerprint density at radius 3 is 2.51 bits per heavy atom. The van der Waals surface area contributed by atoms with Crippen molar-refractivity contribution in [3.05, 3.63) is 98.6 Å². The van der Waals surface area contributed by atoms with Crippen LogP contribution in [0.15, 0.2) is 71.2 Å². The molecule has 4 aromatic rings. The molecule has 0 spiro atoms. The molecule has 35 heavy (non-hydrogen) atoms. The summed E-state index contributed by atoms with van der Waals surface area (Å²) in [4.78, 5) is 30.3. The molecule has 9 heteroatoms. The third-order valence-corrected chi connectivity index (χ3v) is 6.87. The first-order valence-corrected chi connectivity index (χ1v) is 12.2. The number of benzene rings is 1. The number of methoxy groups -OCH3 is 1. The second-order valence-electron chi connectivity index (χ2n) is 8.54. The lowest BCUT2D eigenvalue weighted by Crippen LogP contribution is -2.24. The maximum atomic E-state index is 13.2. The standard InChI is InChI=1S/C26H28N4O4S/c1-17(2)25-28-21(16-35-25)15-29-14-20(8-11-23(29)31)26(32)34-24(18(3)30-13-5-12-27-30)19-6-9-22(33-4)10-7-19/h5-14,16-18,24H,15H2,1-4H3. The Morgan fingerprint density at radius 2 is 1.89 bits per heavy atom. The van der Waals surface area contributed by atoms with Crippen LogP contribution in [0.3, 0.4) is 0 Å². The van der Waals surface area contributed by atoms with Crippen LogP contribution in [-0.4, -0.2) is 32.4 Å². The second kappa shape index (κ2) is 10.7. The van der Waals surface area contributed by atoms with Crippen LogP contribution in [0.25, 0.3) is 0 Å². The van der Waals surface area contributed by atoms with E-state index in [1.165, 1.54) is 22.9 Å². The van der Waals surface area contributed by atoms with E-state index in [2.05, 4.69) is 23.9 Å². The Labute approximate surface area is 207 Å². The van der Waals surface area contributed by atoms with Crippen molar-refractivity contribution in [1.82, 2.24) is 19.3 Å². The predicted octanol–water partition coefficient (Wildman–Crippen LogP) is 4.84. The monoisotopic (exact) mass is 492 g/mol. The predicted molar refractivity (Wildman–Crippen MR) is 134 cm³/mol. The van der Waals surface area contributed by atoms with Crippen LogP contribution in [0.4, 0.5) is 0 Å². The molecule has 0 N–H and O–H groups in total. The van der Waals surface area contributed by atoms with Gasteiger partial charge in [0.15, 0.2) is 0 Å². The lowest BCUT2D eigenvalue weighted by Gasteiger charge is -2.25. The zero-order chi connectivity index (χ0) is 24.9. The van der Waals surface area contributed by atoms with E-state index in [1.54, 1.807) is 29.3 Å². The van der Waals surface area contributed by atoms with Crippen LogP contribution in [0.1, 0.15) is 65.5 Å². The van der Waals surface area contributed by atoms with Crippen molar-refractivity contribution < 1.29 is 14.3 Å². The Hall–Kier alpha value is -3.72. The smallest absolute Gasteiger partial charge is 0.340 e. The summed E-state index contributed by atoms with van der Waals surface area (Å²) >= 11 is 1.57. The molecule has 2 unspecified atom stereocenters. The van der Waals surface area contributed by atoms with Gasteiger partial charge in [0.25, 0.3) is 5.56 Å². The van der Waals surface area contributed by atoms with Gasteiger partial charge in [0.05, 0.1) is 36.0 Å². The van der Waals surface area contributed by atoms with E-state index < -0.39 is 12.1 Å². The van der Waals surface area contributed by atoms with Crippen molar-refractivity contribution in [3.63, 3.8) is 0 Å². The number of nitrogens with zero attached hydrogens (tertiary/aromatic N) is 4. The molecule has 3 heterocycles. The summed E-state index contributed by atoms with van der Waals surface area (Å²) < 4.78 is 14.5. The van der Waals surface area contributed by atoms with Crippen molar-refractivity contribution in [2.24, 2.45) is 0 Å². The van der Waals surface area contributed by atoms with Gasteiger partial charge < -0.3 is 14.0 Å². The molecule has 0 radical (unpaired) electrons. The highest BCUT2D eigenvalue weighted by Gasteiger charge is 2.26. The van der Waals surface area contributed by atoms with Crippen LogP contribution in [0.5, 0.6) is 5.75 Å². The van der Waals surface area contributed by atoms with Crippen molar-refractivity contribution >= 4 is 17.3 Å². The largest absolute Gasteiger partial charge is 0.497 e. The van der Waals surface area contributed by atoms with Gasteiger partial charge in [-0.25, -0.2) is 9.78 Å². The fraction of sp³-hybridized carbons (Fsp3) is 0.308. The molecular weight excluding hydrogens is 464 g/mol. The molecule has 0 aliphatic rings. The summed E-state index contributed by atoms with van der Waals surface area (Å²) in [6, 6.07) is 11.8. The Kier molecular flexibility index (Phi) is 7.45. The van der Waals surface area contributed by atoms with Gasteiger partial charge in [-0.15, -0.1) is 11.3 Å². The molecule has 0 saturated heterocycles. The summed E-state index contributed by atoms with van der Waals surface area (Å²) in [5.41, 5.74) is 1.67. The summed E-state index contributed by atoms with van der Waals surface area (Å²) in [5.74, 6) is 0.499. The fourth-order valence-corrected chi connectivity index (χ4v) is 4.52. The first-order valence-electron chi connectivity index (χ1n) is 11.3. The topological polar surface area (TPSA) is 88.2 Å². The summed E-state index contributed by atoms with van der Waals surface area (Å²) in [6.45, 7) is 6.38. The van der Waals surface area contributed by atoms with Crippen molar-refractivity contribution in [2.75, 3.05) is 7.11 Å². The summed E-state index contributed by atoms with van der Waals surface area (Å²) in [6.07, 6.45) is 4.43. The molecule has 1 aromatic carbocycles. The maximum Gasteiger partial charge on any atom is 0.340 e. The average Bonchev–Trinajstić information content (AvgIpc) is 3.56. The number of aromatic nitrogens is 4. The zero-order valence-corrected chi connectivity index (χ0v) is 20.9. The molecule has 0 aliphatic heterocycles. The fourth-order valence-electron chi connectivity index (χ4n) is 3.69. The minimum Gasteiger partial charge on any atom is -0.497 e. The minimum absolute atomic E-state index is 0.211. The quantitative estimate of drug-likeness (QED) is 0.311. The van der Waals surface area contributed by atoms with Gasteiger partial charge >= 0.3 is 5.97 Å². The van der Waals surface area contributed by atoms with E-state index in [9.17, 15) is 9.59 Å². The van der Waals surface area contributed by atoms with E-state index in [0.29, 0.717) is 11.7 Å². The van der Waals surface area contributed by atoms with Gasteiger partial charge in [-0.05, 0) is 36.8 Å². The Morgan fingerprint density at radius 1 is 1.11 bits per heavy atom. The van der Waals surface area contributed by atoms with Gasteiger partial charge in [0.1, 0.15) is 11.9 Å². The number of carbonyl (C=O) groups excluding carboxylic acids is 1. The van der Waals surface area contributed by atoms with Crippen LogP contribution >= 0.6 is 11.3 Å². The van der Waals surface area contributed by atoms with E-state index in [1.807, 2.05) is 48.8 Å². The van der Waals surface area contributed by atoms with Gasteiger partial charge in [-0.1, -0.05) is 26.0 Å². The third-order valence-electron chi connectivity index (χ3n) is 5.67. The molecule has 0 amide bonds. The van der Waals surface area contributed by atoms with E-state index >= 15 is 0 Å². The SMILES string of the molecule is COc1ccc(C(OC(=O)c2ccc(=O)n(Cc3csc(C(C)C)n3)c2)C(C)n2cccn2)cc1. The highest BCUT2D eigenvalue weighted by molar-refractivity contribution is 7.09. The highest BCUT2D eigenvalue weighted by Crippen LogP contribution is 2.31. The number of rotatable bonds is 9.